The van der Waals surface area contributed by atoms with E-state index >= 15 is 0 Å². The van der Waals surface area contributed by atoms with Gasteiger partial charge in [0, 0.05) is 0 Å². The van der Waals surface area contributed by atoms with E-state index in [9.17, 15) is 4.79 Å². The molecule has 0 aliphatic heterocycles. The molecule has 0 saturated carbocycles. The number of para-hydroxylation sites is 1. The van der Waals surface area contributed by atoms with E-state index in [4.69, 9.17) is 9.47 Å². The van der Waals surface area contributed by atoms with Crippen molar-refractivity contribution >= 4 is 5.78 Å². The summed E-state index contributed by atoms with van der Waals surface area (Å²) in [4.78, 5) is 11.5. The predicted molar refractivity (Wildman–Crippen MR) is 83.3 cm³/mol. The highest BCUT2D eigenvalue weighted by Gasteiger charge is 2.06. The van der Waals surface area contributed by atoms with Gasteiger partial charge in [-0.2, -0.15) is 0 Å². The molecule has 0 saturated heterocycles. The minimum atomic E-state index is 0.00155. The van der Waals surface area contributed by atoms with Crippen LogP contribution in [0.4, 0.5) is 0 Å². The molecule has 0 N–H and O–H groups in total. The van der Waals surface area contributed by atoms with Gasteiger partial charge in [-0.05, 0) is 43.2 Å². The third kappa shape index (κ3) is 4.35. The number of aryl methyl sites for hydroxylation is 1. The van der Waals surface area contributed by atoms with Crippen molar-refractivity contribution in [2.45, 2.75) is 20.3 Å². The molecular formula is C18H20O3. The van der Waals surface area contributed by atoms with E-state index in [1.165, 1.54) is 12.5 Å². The van der Waals surface area contributed by atoms with Gasteiger partial charge in [0.25, 0.3) is 0 Å². The van der Waals surface area contributed by atoms with Gasteiger partial charge in [0.05, 0.1) is 5.56 Å². The number of hydrogen-bond acceptors (Lipinski definition) is 3. The Bertz CT molecular complexity index is 588. The van der Waals surface area contributed by atoms with Crippen molar-refractivity contribution in [2.24, 2.45) is 0 Å². The molecule has 0 aromatic heterocycles. The standard InChI is InChI=1S/C18H20O3/c1-3-15-8-10-16(11-9-15)20-12-13-21-18-7-5-4-6-17(18)14(2)19/h4-11H,3,12-13H2,1-2H3. The van der Waals surface area contributed by atoms with Gasteiger partial charge < -0.3 is 9.47 Å². The molecule has 0 radical (unpaired) electrons. The molecule has 0 spiro atoms. The Hall–Kier alpha value is -2.29. The average Bonchev–Trinajstić information content (AvgIpc) is 2.52. The van der Waals surface area contributed by atoms with Crippen LogP contribution in [0.2, 0.25) is 0 Å². The highest BCUT2D eigenvalue weighted by Crippen LogP contribution is 2.18. The number of Topliss-reactive ketones (excluding diaryl/α,β-unsaturated/α-hetero) is 1. The minimum Gasteiger partial charge on any atom is -0.490 e. The van der Waals surface area contributed by atoms with Crippen molar-refractivity contribution < 1.29 is 14.3 Å². The molecule has 2 rings (SSSR count). The number of rotatable bonds is 7. The summed E-state index contributed by atoms with van der Waals surface area (Å²) in [6, 6.07) is 15.3. The first-order chi connectivity index (χ1) is 10.2. The summed E-state index contributed by atoms with van der Waals surface area (Å²) in [6.45, 7) is 4.50. The first-order valence-corrected chi connectivity index (χ1v) is 7.15. The van der Waals surface area contributed by atoms with Crippen molar-refractivity contribution in [3.63, 3.8) is 0 Å². The third-order valence-corrected chi connectivity index (χ3v) is 3.21. The smallest absolute Gasteiger partial charge is 0.163 e. The van der Waals surface area contributed by atoms with E-state index in [1.807, 2.05) is 24.3 Å². The lowest BCUT2D eigenvalue weighted by molar-refractivity contribution is 0.101. The quantitative estimate of drug-likeness (QED) is 0.571. The predicted octanol–water partition coefficient (Wildman–Crippen LogP) is 3.91. The van der Waals surface area contributed by atoms with E-state index in [-0.39, 0.29) is 5.78 Å². The van der Waals surface area contributed by atoms with Gasteiger partial charge >= 0.3 is 0 Å². The van der Waals surface area contributed by atoms with Crippen LogP contribution in [-0.2, 0) is 6.42 Å². The Kier molecular flexibility index (Phi) is 5.38. The summed E-state index contributed by atoms with van der Waals surface area (Å²) < 4.78 is 11.2. The van der Waals surface area contributed by atoms with Gasteiger partial charge in [-0.1, -0.05) is 31.2 Å². The van der Waals surface area contributed by atoms with E-state index in [0.717, 1.165) is 12.2 Å². The number of carbonyl (C=O) groups excluding carboxylic acids is 1. The highest BCUT2D eigenvalue weighted by molar-refractivity contribution is 5.96. The molecule has 0 unspecified atom stereocenters. The molecule has 3 heteroatoms. The minimum absolute atomic E-state index is 0.00155. The summed E-state index contributed by atoms with van der Waals surface area (Å²) in [5.74, 6) is 1.44. The normalized spacial score (nSPS) is 10.2. The van der Waals surface area contributed by atoms with Crippen molar-refractivity contribution in [1.82, 2.24) is 0 Å². The number of carbonyl (C=O) groups is 1. The van der Waals surface area contributed by atoms with Gasteiger partial charge in [0.2, 0.25) is 0 Å². The van der Waals surface area contributed by atoms with E-state index < -0.39 is 0 Å². The topological polar surface area (TPSA) is 35.5 Å². The zero-order valence-electron chi connectivity index (χ0n) is 12.5. The molecule has 2 aromatic carbocycles. The molecule has 110 valence electrons. The second-order valence-corrected chi connectivity index (χ2v) is 4.75. The Morgan fingerprint density at radius 2 is 1.62 bits per heavy atom. The molecular weight excluding hydrogens is 264 g/mol. The molecule has 0 aliphatic rings. The molecule has 0 heterocycles. The maximum absolute atomic E-state index is 11.5. The lowest BCUT2D eigenvalue weighted by atomic mass is 10.1. The summed E-state index contributed by atoms with van der Waals surface area (Å²) in [6.07, 6.45) is 1.02. The summed E-state index contributed by atoms with van der Waals surface area (Å²) in [5.41, 5.74) is 1.89. The van der Waals surface area contributed by atoms with E-state index in [1.54, 1.807) is 12.1 Å². The fourth-order valence-corrected chi connectivity index (χ4v) is 2.02. The van der Waals surface area contributed by atoms with Gasteiger partial charge in [-0.25, -0.2) is 0 Å². The zero-order valence-corrected chi connectivity index (χ0v) is 12.5. The molecule has 0 aliphatic carbocycles. The first kappa shape index (κ1) is 15.1. The van der Waals surface area contributed by atoms with Crippen LogP contribution < -0.4 is 9.47 Å². The second kappa shape index (κ2) is 7.48. The fourth-order valence-electron chi connectivity index (χ4n) is 2.02. The summed E-state index contributed by atoms with van der Waals surface area (Å²) >= 11 is 0. The maximum atomic E-state index is 11.5. The average molecular weight is 284 g/mol. The van der Waals surface area contributed by atoms with Crippen LogP contribution in [0.3, 0.4) is 0 Å². The Morgan fingerprint density at radius 1 is 0.952 bits per heavy atom. The molecule has 2 aromatic rings. The van der Waals surface area contributed by atoms with Crippen molar-refractivity contribution in [1.29, 1.82) is 0 Å². The van der Waals surface area contributed by atoms with Crippen LogP contribution >= 0.6 is 0 Å². The van der Waals surface area contributed by atoms with Crippen LogP contribution in [0.5, 0.6) is 11.5 Å². The number of benzene rings is 2. The Morgan fingerprint density at radius 3 is 2.29 bits per heavy atom. The monoisotopic (exact) mass is 284 g/mol. The third-order valence-electron chi connectivity index (χ3n) is 3.21. The fraction of sp³-hybridized carbons (Fsp3) is 0.278. The summed E-state index contributed by atoms with van der Waals surface area (Å²) in [7, 11) is 0. The first-order valence-electron chi connectivity index (χ1n) is 7.15. The van der Waals surface area contributed by atoms with Crippen molar-refractivity contribution in [3.8, 4) is 11.5 Å². The van der Waals surface area contributed by atoms with Crippen LogP contribution in [0.25, 0.3) is 0 Å². The van der Waals surface area contributed by atoms with Crippen molar-refractivity contribution in [2.75, 3.05) is 13.2 Å². The molecule has 0 fully saturated rings. The Balaban J connectivity index is 1.83. The molecule has 0 bridgehead atoms. The molecule has 0 atom stereocenters. The SMILES string of the molecule is CCc1ccc(OCCOc2ccccc2C(C)=O)cc1. The van der Waals surface area contributed by atoms with Gasteiger partial charge in [0.1, 0.15) is 24.7 Å². The van der Waals surface area contributed by atoms with Crippen molar-refractivity contribution in [3.05, 3.63) is 59.7 Å². The second-order valence-electron chi connectivity index (χ2n) is 4.75. The summed E-state index contributed by atoms with van der Waals surface area (Å²) in [5, 5.41) is 0. The molecule has 3 nitrogen and oxygen atoms in total. The number of ketones is 1. The lowest BCUT2D eigenvalue weighted by Gasteiger charge is -2.11. The molecule has 21 heavy (non-hydrogen) atoms. The highest BCUT2D eigenvalue weighted by atomic mass is 16.5. The van der Waals surface area contributed by atoms with Crippen LogP contribution in [-0.4, -0.2) is 19.0 Å². The van der Waals surface area contributed by atoms with E-state index in [0.29, 0.717) is 24.5 Å². The lowest BCUT2D eigenvalue weighted by Crippen LogP contribution is -2.10. The van der Waals surface area contributed by atoms with Crippen LogP contribution in [0, 0.1) is 0 Å². The zero-order chi connectivity index (χ0) is 15.1. The van der Waals surface area contributed by atoms with E-state index in [2.05, 4.69) is 19.1 Å². The van der Waals surface area contributed by atoms with Gasteiger partial charge in [-0.15, -0.1) is 0 Å². The van der Waals surface area contributed by atoms with Crippen LogP contribution in [0.15, 0.2) is 48.5 Å². The molecule has 0 amide bonds. The Labute approximate surface area is 125 Å². The van der Waals surface area contributed by atoms with Gasteiger partial charge in [-0.3, -0.25) is 4.79 Å². The number of hydrogen-bond donors (Lipinski definition) is 0. The largest absolute Gasteiger partial charge is 0.490 e. The van der Waals surface area contributed by atoms with Gasteiger partial charge in [0.15, 0.2) is 5.78 Å². The van der Waals surface area contributed by atoms with Crippen LogP contribution in [0.1, 0.15) is 29.8 Å². The number of ether oxygens (including phenoxy) is 2. The maximum Gasteiger partial charge on any atom is 0.163 e.